The Morgan fingerprint density at radius 2 is 0.954 bits per heavy atom. The number of nitrogens with one attached hydrogen (secondary N) is 1. The van der Waals surface area contributed by atoms with E-state index in [-0.39, 0.29) is 24.2 Å². The minimum atomic E-state index is -0.618. The quantitative estimate of drug-likeness (QED) is 0.0779. The Kier molecular flexibility index (Phi) is 12.7. The molecule has 4 heterocycles. The molecule has 0 spiro atoms. The molecule has 0 saturated carbocycles. The van der Waals surface area contributed by atoms with Crippen molar-refractivity contribution in [2.75, 3.05) is 34.9 Å². The van der Waals surface area contributed by atoms with E-state index >= 15 is 0 Å². The van der Waals surface area contributed by atoms with Crippen molar-refractivity contribution in [3.05, 3.63) is 151 Å². The van der Waals surface area contributed by atoms with Crippen molar-refractivity contribution >= 4 is 67.4 Å². The van der Waals surface area contributed by atoms with Crippen LogP contribution in [0.3, 0.4) is 0 Å². The first kappa shape index (κ1) is 43.3. The van der Waals surface area contributed by atoms with Crippen molar-refractivity contribution in [3.63, 3.8) is 0 Å². The Hall–Kier alpha value is -8.31. The molecule has 6 aromatic carbocycles. The van der Waals surface area contributed by atoms with Crippen molar-refractivity contribution < 1.29 is 27.1 Å². The van der Waals surface area contributed by atoms with Crippen molar-refractivity contribution in [1.82, 2.24) is 29.9 Å². The van der Waals surface area contributed by atoms with Gasteiger partial charge in [0.2, 0.25) is 5.91 Å². The summed E-state index contributed by atoms with van der Waals surface area (Å²) >= 11 is 0. The van der Waals surface area contributed by atoms with Crippen LogP contribution in [0.2, 0.25) is 0 Å². The largest absolute Gasteiger partial charge is 0.399 e. The summed E-state index contributed by atoms with van der Waals surface area (Å²) < 4.78 is 59.4. The van der Waals surface area contributed by atoms with Crippen molar-refractivity contribution in [2.24, 2.45) is 0 Å². The first-order chi connectivity index (χ1) is 31.3. The van der Waals surface area contributed by atoms with E-state index in [4.69, 9.17) is 27.7 Å². The van der Waals surface area contributed by atoms with Crippen molar-refractivity contribution in [3.8, 4) is 33.4 Å². The van der Waals surface area contributed by atoms with Gasteiger partial charge in [0.1, 0.15) is 59.7 Å². The van der Waals surface area contributed by atoms with Crippen LogP contribution >= 0.6 is 0 Å². The molecule has 0 aliphatic carbocycles. The van der Waals surface area contributed by atoms with Gasteiger partial charge < -0.3 is 33.0 Å². The number of fused-ring (bicyclic) bond motifs is 3. The Labute approximate surface area is 368 Å². The number of rotatable bonds is 6. The molecule has 17 heteroatoms. The molecule has 1 fully saturated rings. The number of nitrogen functional groups attached to an aromatic ring is 4. The van der Waals surface area contributed by atoms with Gasteiger partial charge in [-0.1, -0.05) is 18.2 Å². The topological polar surface area (TPSA) is 220 Å². The van der Waals surface area contributed by atoms with Crippen LogP contribution in [0.5, 0.6) is 0 Å². The predicted octanol–water partition coefficient (Wildman–Crippen LogP) is 9.28. The molecule has 3 aromatic heterocycles. The fraction of sp³-hybridized carbons (Fsp3) is 0.104. The van der Waals surface area contributed by atoms with Gasteiger partial charge in [-0.3, -0.25) is 4.79 Å². The van der Waals surface area contributed by atoms with E-state index in [1.165, 1.54) is 55.4 Å². The number of carbonyl (C=O) groups excluding carboxylic acids is 1. The minimum absolute atomic E-state index is 0.0542. The van der Waals surface area contributed by atoms with Gasteiger partial charge in [-0.15, -0.1) is 0 Å². The molecule has 1 aliphatic heterocycles. The average Bonchev–Trinajstić information content (AvgIpc) is 3.79. The number of aromatic nitrogens is 6. The number of halogens is 4. The van der Waals surface area contributed by atoms with Gasteiger partial charge >= 0.3 is 0 Å². The van der Waals surface area contributed by atoms with Crippen LogP contribution in [0, 0.1) is 23.3 Å². The molecule has 0 bridgehead atoms. The summed E-state index contributed by atoms with van der Waals surface area (Å²) in [5.41, 5.74) is 30.1. The average molecular weight is 878 g/mol. The standard InChI is InChI=1S/C20H19FN4O2.C14H9F2N3.C14H11FN4/c21-14-6-13(12-3-4-18-17(8-12)20(22)24-11-23-18)7-15(9-14)25-19(26)10-16-2-1-5-27-16;2*15-10-3-9(4-11(16)6-10)8-1-2-13-12(5-8)14(17)19-7-18-13/h3-4,6-9,11,16H,1-2,5,10H2,(H,25,26)(H2,22,23,24);1-7H,(H2,17,18,19);1-7H,16H2,(H2,17,18,19). The molecule has 1 unspecified atom stereocenters. The monoisotopic (exact) mass is 877 g/mol. The summed E-state index contributed by atoms with van der Waals surface area (Å²) in [5.74, 6) is -1.12. The van der Waals surface area contributed by atoms with Gasteiger partial charge in [0.05, 0.1) is 29.1 Å². The molecule has 1 atom stereocenters. The highest BCUT2D eigenvalue weighted by Crippen LogP contribution is 2.31. The van der Waals surface area contributed by atoms with Gasteiger partial charge in [0.25, 0.3) is 0 Å². The van der Waals surface area contributed by atoms with Crippen molar-refractivity contribution in [2.45, 2.75) is 25.4 Å². The molecule has 1 amide bonds. The first-order valence-corrected chi connectivity index (χ1v) is 20.1. The third-order valence-electron chi connectivity index (χ3n) is 10.4. The Balaban J connectivity index is 0.000000136. The lowest BCUT2D eigenvalue weighted by atomic mass is 10.0. The predicted molar refractivity (Wildman–Crippen MR) is 245 cm³/mol. The SMILES string of the molecule is Nc1cc(F)cc(-c2ccc3ncnc(N)c3c2)c1.Nc1ncnc2ccc(-c3cc(F)cc(F)c3)cc12.Nc1ncnc2ccc(-c3cc(F)cc(NC(=O)CC4CCCO4)c3)cc12. The summed E-state index contributed by atoms with van der Waals surface area (Å²) in [5, 5.41) is 4.85. The van der Waals surface area contributed by atoms with E-state index in [1.807, 2.05) is 36.4 Å². The van der Waals surface area contributed by atoms with E-state index in [0.29, 0.717) is 79.5 Å². The molecular weight excluding hydrogens is 839 g/mol. The number of amides is 1. The van der Waals surface area contributed by atoms with E-state index < -0.39 is 17.5 Å². The van der Waals surface area contributed by atoms with Crippen LogP contribution in [0.4, 0.5) is 46.4 Å². The summed E-state index contributed by atoms with van der Waals surface area (Å²) in [7, 11) is 0. The lowest BCUT2D eigenvalue weighted by molar-refractivity contribution is -0.118. The first-order valence-electron chi connectivity index (χ1n) is 20.1. The fourth-order valence-electron chi connectivity index (χ4n) is 7.32. The van der Waals surface area contributed by atoms with Gasteiger partial charge in [-0.25, -0.2) is 47.5 Å². The molecule has 9 aromatic rings. The minimum Gasteiger partial charge on any atom is -0.399 e. The molecule has 13 nitrogen and oxygen atoms in total. The highest BCUT2D eigenvalue weighted by Gasteiger charge is 2.19. The maximum Gasteiger partial charge on any atom is 0.226 e. The maximum absolute atomic E-state index is 14.1. The summed E-state index contributed by atoms with van der Waals surface area (Å²) in [4.78, 5) is 36.4. The molecule has 10 rings (SSSR count). The Morgan fingerprint density at radius 3 is 1.40 bits per heavy atom. The van der Waals surface area contributed by atoms with Gasteiger partial charge in [0.15, 0.2) is 0 Å². The van der Waals surface area contributed by atoms with E-state index in [9.17, 15) is 22.4 Å². The number of ether oxygens (including phenoxy) is 1. The summed E-state index contributed by atoms with van der Waals surface area (Å²) in [6.45, 7) is 0.691. The van der Waals surface area contributed by atoms with E-state index in [0.717, 1.165) is 40.9 Å². The lowest BCUT2D eigenvalue weighted by Gasteiger charge is -2.12. The van der Waals surface area contributed by atoms with Gasteiger partial charge in [-0.05, 0) is 131 Å². The summed E-state index contributed by atoms with van der Waals surface area (Å²) in [6, 6.07) is 28.4. The highest BCUT2D eigenvalue weighted by molar-refractivity contribution is 5.95. The second-order valence-corrected chi connectivity index (χ2v) is 15.0. The third-order valence-corrected chi connectivity index (χ3v) is 10.4. The number of anilines is 5. The number of nitrogens with two attached hydrogens (primary N) is 4. The van der Waals surface area contributed by atoms with Crippen LogP contribution in [0.15, 0.2) is 128 Å². The number of hydrogen-bond acceptors (Lipinski definition) is 12. The second-order valence-electron chi connectivity index (χ2n) is 15.0. The molecule has 1 saturated heterocycles. The fourth-order valence-corrected chi connectivity index (χ4v) is 7.32. The smallest absolute Gasteiger partial charge is 0.226 e. The van der Waals surface area contributed by atoms with E-state index in [2.05, 4.69) is 35.2 Å². The van der Waals surface area contributed by atoms with Crippen LogP contribution in [-0.2, 0) is 9.53 Å². The van der Waals surface area contributed by atoms with Crippen LogP contribution in [0.1, 0.15) is 19.3 Å². The molecule has 65 heavy (non-hydrogen) atoms. The van der Waals surface area contributed by atoms with Crippen LogP contribution in [0.25, 0.3) is 66.1 Å². The lowest BCUT2D eigenvalue weighted by Crippen LogP contribution is -2.19. The maximum atomic E-state index is 14.1. The van der Waals surface area contributed by atoms with Gasteiger partial charge in [0, 0.05) is 40.2 Å². The highest BCUT2D eigenvalue weighted by atomic mass is 19.1. The van der Waals surface area contributed by atoms with Crippen LogP contribution < -0.4 is 28.3 Å². The molecular formula is C48H39F4N11O2. The zero-order valence-corrected chi connectivity index (χ0v) is 34.4. The molecule has 1 aliphatic rings. The number of benzene rings is 6. The van der Waals surface area contributed by atoms with Gasteiger partial charge in [-0.2, -0.15) is 0 Å². The molecule has 326 valence electrons. The Bertz CT molecular complexity index is 3050. The molecule has 9 N–H and O–H groups in total. The number of nitrogens with zero attached hydrogens (tertiary/aromatic N) is 6. The third kappa shape index (κ3) is 10.5. The van der Waals surface area contributed by atoms with Crippen molar-refractivity contribution in [1.29, 1.82) is 0 Å². The zero-order chi connectivity index (χ0) is 45.6. The van der Waals surface area contributed by atoms with E-state index in [1.54, 1.807) is 30.3 Å². The Morgan fingerprint density at radius 1 is 0.523 bits per heavy atom. The zero-order valence-electron chi connectivity index (χ0n) is 34.4. The van der Waals surface area contributed by atoms with Crippen LogP contribution in [-0.4, -0.2) is 48.5 Å². The second kappa shape index (κ2) is 19.0. The summed E-state index contributed by atoms with van der Waals surface area (Å²) in [6.07, 6.45) is 6.26. The molecule has 0 radical (unpaired) electrons. The number of hydrogen-bond donors (Lipinski definition) is 5. The normalized spacial score (nSPS) is 13.2. The number of carbonyl (C=O) groups is 1.